The molecule has 4 atom stereocenters. The SMILES string of the molecule is NC1CCN(CC(O)COc2ccccc2)CC1.NC1CCNCC1.OC(CNC1CCN(CC(O)COc2ccccc2)CC1)COc1ccccc1.c1ccc(OCC2CO2)cc1. The Labute approximate surface area is 387 Å². The average molecular weight is 901 g/mol. The van der Waals surface area contributed by atoms with Crippen molar-refractivity contribution in [1.82, 2.24) is 20.4 Å². The molecule has 8 rings (SSSR count). The minimum absolute atomic E-state index is 0.281. The summed E-state index contributed by atoms with van der Waals surface area (Å²) in [7, 11) is 0. The molecule has 4 aliphatic heterocycles. The molecule has 4 aromatic carbocycles. The molecule has 4 aliphatic rings. The van der Waals surface area contributed by atoms with Crippen molar-refractivity contribution in [3.63, 3.8) is 0 Å². The molecule has 4 aromatic rings. The highest BCUT2D eigenvalue weighted by molar-refractivity contribution is 5.23. The van der Waals surface area contributed by atoms with Gasteiger partial charge in [0.05, 0.1) is 6.61 Å². The maximum Gasteiger partial charge on any atom is 0.119 e. The first kappa shape index (κ1) is 51.7. The third kappa shape index (κ3) is 23.6. The summed E-state index contributed by atoms with van der Waals surface area (Å²) >= 11 is 0. The monoisotopic (exact) mass is 901 g/mol. The molecule has 0 spiro atoms. The van der Waals surface area contributed by atoms with E-state index in [1.54, 1.807) is 0 Å². The molecule has 14 nitrogen and oxygen atoms in total. The summed E-state index contributed by atoms with van der Waals surface area (Å²) in [5.41, 5.74) is 11.4. The van der Waals surface area contributed by atoms with Gasteiger partial charge in [-0.1, -0.05) is 72.8 Å². The van der Waals surface area contributed by atoms with E-state index >= 15 is 0 Å². The Balaban J connectivity index is 0.000000185. The summed E-state index contributed by atoms with van der Waals surface area (Å²) in [6.45, 7) is 10.3. The van der Waals surface area contributed by atoms with Crippen molar-refractivity contribution >= 4 is 0 Å². The van der Waals surface area contributed by atoms with Crippen LogP contribution in [-0.4, -0.2) is 160 Å². The number of para-hydroxylation sites is 4. The highest BCUT2D eigenvalue weighted by atomic mass is 16.6. The standard InChI is InChI=1S/C23H32N2O4.C14H22N2O2.C9H10O2.C5H12N2/c26-20(17-28-22-7-3-1-4-8-22)15-24-19-11-13-25(14-12-19)16-21(27)18-29-23-9-5-2-6-10-23;15-12-6-8-16(9-7-12)10-13(17)11-18-14-4-2-1-3-5-14;1-2-4-8(5-3-1)10-6-9-7-11-9;6-5-1-3-7-4-2-5/h1-10,19-21,24,26-27H,11-18H2;1-5,12-13,17H,6-11,15H2;1-5,9H,6-7H2;5,7H,1-4,6H2. The smallest absolute Gasteiger partial charge is 0.119 e. The Morgan fingerprint density at radius 1 is 0.538 bits per heavy atom. The number of hydrogen-bond acceptors (Lipinski definition) is 14. The molecule has 4 saturated heterocycles. The maximum absolute atomic E-state index is 10.2. The van der Waals surface area contributed by atoms with Crippen molar-refractivity contribution in [3.05, 3.63) is 121 Å². The fourth-order valence-corrected chi connectivity index (χ4v) is 7.36. The van der Waals surface area contributed by atoms with Gasteiger partial charge in [0.15, 0.2) is 0 Å². The van der Waals surface area contributed by atoms with E-state index in [4.69, 9.17) is 35.2 Å². The number of ether oxygens (including phenoxy) is 5. The van der Waals surface area contributed by atoms with Crippen molar-refractivity contribution in [1.29, 1.82) is 0 Å². The summed E-state index contributed by atoms with van der Waals surface area (Å²) in [4.78, 5) is 4.52. The Morgan fingerprint density at radius 2 is 0.908 bits per heavy atom. The second-order valence-electron chi connectivity index (χ2n) is 17.1. The van der Waals surface area contributed by atoms with Crippen LogP contribution in [0.2, 0.25) is 0 Å². The number of aliphatic hydroxyl groups is 3. The third-order valence-electron chi connectivity index (χ3n) is 11.3. The van der Waals surface area contributed by atoms with Gasteiger partial charge in [0, 0.05) is 37.8 Å². The number of benzene rings is 4. The van der Waals surface area contributed by atoms with E-state index in [-0.39, 0.29) is 6.61 Å². The maximum atomic E-state index is 10.2. The minimum Gasteiger partial charge on any atom is -0.491 e. The Hall–Kier alpha value is -4.32. The Kier molecular flexibility index (Phi) is 24.5. The van der Waals surface area contributed by atoms with Gasteiger partial charge in [-0.25, -0.2) is 0 Å². The van der Waals surface area contributed by atoms with Gasteiger partial charge in [0.25, 0.3) is 0 Å². The van der Waals surface area contributed by atoms with E-state index in [0.29, 0.717) is 63.7 Å². The average Bonchev–Trinajstić information content (AvgIpc) is 4.19. The van der Waals surface area contributed by atoms with Crippen molar-refractivity contribution in [2.24, 2.45) is 11.5 Å². The van der Waals surface area contributed by atoms with E-state index in [9.17, 15) is 15.3 Å². The van der Waals surface area contributed by atoms with E-state index < -0.39 is 18.3 Å². The van der Waals surface area contributed by atoms with Crippen LogP contribution in [0.5, 0.6) is 23.0 Å². The van der Waals surface area contributed by atoms with Crippen LogP contribution in [0.1, 0.15) is 38.5 Å². The molecule has 0 aromatic heterocycles. The van der Waals surface area contributed by atoms with Crippen LogP contribution in [0.3, 0.4) is 0 Å². The highest BCUT2D eigenvalue weighted by Gasteiger charge is 2.24. The molecule has 4 unspecified atom stereocenters. The lowest BCUT2D eigenvalue weighted by atomic mass is 10.0. The topological polar surface area (TPSA) is 193 Å². The number of nitrogens with two attached hydrogens (primary N) is 2. The van der Waals surface area contributed by atoms with Gasteiger partial charge < -0.3 is 70.9 Å². The molecule has 0 bridgehead atoms. The zero-order valence-electron chi connectivity index (χ0n) is 38.2. The molecule has 358 valence electrons. The third-order valence-corrected chi connectivity index (χ3v) is 11.3. The second kappa shape index (κ2) is 30.8. The zero-order chi connectivity index (χ0) is 45.7. The molecule has 4 fully saturated rings. The first-order chi connectivity index (χ1) is 31.8. The number of nitrogens with zero attached hydrogens (tertiary/aromatic N) is 2. The Morgan fingerprint density at radius 3 is 1.29 bits per heavy atom. The first-order valence-electron chi connectivity index (χ1n) is 23.5. The number of epoxide rings is 1. The van der Waals surface area contributed by atoms with Crippen molar-refractivity contribution in [3.8, 4) is 23.0 Å². The van der Waals surface area contributed by atoms with Crippen molar-refractivity contribution in [2.75, 3.05) is 91.9 Å². The number of likely N-dealkylation sites (tertiary alicyclic amines) is 2. The molecular formula is C51H76N6O8. The van der Waals surface area contributed by atoms with Crippen LogP contribution < -0.4 is 41.0 Å². The summed E-state index contributed by atoms with van der Waals surface area (Å²) in [5.74, 6) is 3.28. The fraction of sp³-hybridized carbons (Fsp3) is 0.529. The second-order valence-corrected chi connectivity index (χ2v) is 17.1. The predicted octanol–water partition coefficient (Wildman–Crippen LogP) is 3.93. The lowest BCUT2D eigenvalue weighted by Gasteiger charge is -2.33. The lowest BCUT2D eigenvalue weighted by Crippen LogP contribution is -2.47. The van der Waals surface area contributed by atoms with E-state index in [2.05, 4.69) is 20.4 Å². The molecule has 0 aliphatic carbocycles. The molecule has 0 saturated carbocycles. The summed E-state index contributed by atoms with van der Waals surface area (Å²) < 4.78 is 27.1. The van der Waals surface area contributed by atoms with Gasteiger partial charge in [-0.3, -0.25) is 0 Å². The lowest BCUT2D eigenvalue weighted by molar-refractivity contribution is 0.0556. The zero-order valence-corrected chi connectivity index (χ0v) is 38.2. The van der Waals surface area contributed by atoms with Gasteiger partial charge >= 0.3 is 0 Å². The summed E-state index contributed by atoms with van der Waals surface area (Å²) in [6, 6.07) is 39.7. The van der Waals surface area contributed by atoms with Crippen LogP contribution in [-0.2, 0) is 4.74 Å². The summed E-state index contributed by atoms with van der Waals surface area (Å²) in [6.07, 6.45) is 5.20. The first-order valence-corrected chi connectivity index (χ1v) is 23.5. The minimum atomic E-state index is -0.537. The van der Waals surface area contributed by atoms with Crippen LogP contribution in [0.15, 0.2) is 121 Å². The van der Waals surface area contributed by atoms with E-state index in [0.717, 1.165) is 107 Å². The van der Waals surface area contributed by atoms with Crippen LogP contribution in [0.25, 0.3) is 0 Å². The molecule has 0 radical (unpaired) electrons. The number of β-amino-alcohol motifs (C(OH)–C–C–N with tert-alkyl or cyclic N) is 2. The quantitative estimate of drug-likeness (QED) is 0.0670. The molecular weight excluding hydrogens is 825 g/mol. The van der Waals surface area contributed by atoms with Crippen LogP contribution in [0, 0.1) is 0 Å². The van der Waals surface area contributed by atoms with E-state index in [1.165, 1.54) is 0 Å². The Bertz CT molecular complexity index is 1730. The number of aliphatic hydroxyl groups excluding tert-OH is 3. The molecule has 65 heavy (non-hydrogen) atoms. The number of piperidine rings is 3. The van der Waals surface area contributed by atoms with Crippen molar-refractivity contribution in [2.45, 2.75) is 81.1 Å². The number of hydrogen-bond donors (Lipinski definition) is 7. The van der Waals surface area contributed by atoms with Gasteiger partial charge in [-0.15, -0.1) is 0 Å². The normalized spacial score (nSPS) is 19.6. The summed E-state index contributed by atoms with van der Waals surface area (Å²) in [5, 5.41) is 36.9. The number of rotatable bonds is 19. The largest absolute Gasteiger partial charge is 0.491 e. The van der Waals surface area contributed by atoms with E-state index in [1.807, 2.05) is 121 Å². The molecule has 14 heteroatoms. The van der Waals surface area contributed by atoms with Crippen LogP contribution in [0.4, 0.5) is 0 Å². The van der Waals surface area contributed by atoms with Gasteiger partial charge in [-0.05, 0) is 126 Å². The number of nitrogens with one attached hydrogen (secondary N) is 2. The van der Waals surface area contributed by atoms with Crippen LogP contribution >= 0.6 is 0 Å². The van der Waals surface area contributed by atoms with Gasteiger partial charge in [0.2, 0.25) is 0 Å². The molecule has 4 heterocycles. The predicted molar refractivity (Wildman–Crippen MR) is 257 cm³/mol. The molecule has 9 N–H and O–H groups in total. The highest BCUT2D eigenvalue weighted by Crippen LogP contribution is 2.16. The molecule has 0 amide bonds. The van der Waals surface area contributed by atoms with Gasteiger partial charge in [0.1, 0.15) is 73.8 Å². The van der Waals surface area contributed by atoms with Crippen molar-refractivity contribution < 1.29 is 39.0 Å². The fourth-order valence-electron chi connectivity index (χ4n) is 7.36. The van der Waals surface area contributed by atoms with Gasteiger partial charge in [-0.2, -0.15) is 0 Å².